The molecule has 0 bridgehead atoms. The van der Waals surface area contributed by atoms with Crippen LogP contribution in [0.2, 0.25) is 0 Å². The van der Waals surface area contributed by atoms with Crippen LogP contribution in [0, 0.1) is 0 Å². The number of alkyl halides is 3. The maximum atomic E-state index is 12.5. The summed E-state index contributed by atoms with van der Waals surface area (Å²) in [6, 6.07) is 13.6. The fourth-order valence-corrected chi connectivity index (χ4v) is 2.29. The number of carbonyl (C=O) groups is 2. The van der Waals surface area contributed by atoms with Crippen LogP contribution in [0.5, 0.6) is 0 Å². The van der Waals surface area contributed by atoms with Crippen molar-refractivity contribution in [2.45, 2.75) is 25.4 Å². The Bertz CT molecular complexity index is 710. The maximum absolute atomic E-state index is 12.5. The molecular formula is C19H18F3NO2. The van der Waals surface area contributed by atoms with E-state index < -0.39 is 11.7 Å². The van der Waals surface area contributed by atoms with Crippen molar-refractivity contribution in [1.29, 1.82) is 0 Å². The second-order valence-electron chi connectivity index (χ2n) is 5.58. The van der Waals surface area contributed by atoms with Gasteiger partial charge in [0.2, 0.25) is 5.91 Å². The summed E-state index contributed by atoms with van der Waals surface area (Å²) in [7, 11) is 0. The SMILES string of the molecule is O=C(CCC(=O)c1ccccc1)NCCc1ccc(C(F)(F)F)cc1. The van der Waals surface area contributed by atoms with Gasteiger partial charge < -0.3 is 5.32 Å². The van der Waals surface area contributed by atoms with Crippen molar-refractivity contribution in [2.75, 3.05) is 6.54 Å². The summed E-state index contributed by atoms with van der Waals surface area (Å²) >= 11 is 0. The van der Waals surface area contributed by atoms with Crippen molar-refractivity contribution in [3.8, 4) is 0 Å². The molecule has 25 heavy (non-hydrogen) atoms. The largest absolute Gasteiger partial charge is 0.416 e. The van der Waals surface area contributed by atoms with Crippen LogP contribution in [0.1, 0.15) is 34.3 Å². The van der Waals surface area contributed by atoms with E-state index in [4.69, 9.17) is 0 Å². The van der Waals surface area contributed by atoms with Crippen LogP contribution in [0.25, 0.3) is 0 Å². The Kier molecular flexibility index (Phi) is 6.33. The molecule has 132 valence electrons. The van der Waals surface area contributed by atoms with E-state index in [0.717, 1.165) is 12.1 Å². The molecule has 0 fully saturated rings. The Labute approximate surface area is 143 Å². The molecule has 0 heterocycles. The number of halogens is 3. The van der Waals surface area contributed by atoms with Gasteiger partial charge in [-0.05, 0) is 24.1 Å². The summed E-state index contributed by atoms with van der Waals surface area (Å²) in [5.74, 6) is -0.352. The minimum absolute atomic E-state index is 0.0841. The van der Waals surface area contributed by atoms with E-state index in [0.29, 0.717) is 24.1 Å². The monoisotopic (exact) mass is 349 g/mol. The van der Waals surface area contributed by atoms with Gasteiger partial charge in [-0.15, -0.1) is 0 Å². The third-order valence-electron chi connectivity index (χ3n) is 3.69. The first-order valence-electron chi connectivity index (χ1n) is 7.87. The van der Waals surface area contributed by atoms with E-state index in [1.54, 1.807) is 24.3 Å². The van der Waals surface area contributed by atoms with E-state index >= 15 is 0 Å². The van der Waals surface area contributed by atoms with Crippen LogP contribution in [-0.2, 0) is 17.4 Å². The van der Waals surface area contributed by atoms with Crippen LogP contribution < -0.4 is 5.32 Å². The number of benzene rings is 2. The molecule has 2 aromatic carbocycles. The summed E-state index contributed by atoms with van der Waals surface area (Å²) in [6.07, 6.45) is -3.72. The fourth-order valence-electron chi connectivity index (χ4n) is 2.29. The minimum Gasteiger partial charge on any atom is -0.356 e. The van der Waals surface area contributed by atoms with E-state index in [-0.39, 0.29) is 24.5 Å². The molecule has 0 aliphatic heterocycles. The van der Waals surface area contributed by atoms with Crippen molar-refractivity contribution in [1.82, 2.24) is 5.32 Å². The van der Waals surface area contributed by atoms with Crippen LogP contribution >= 0.6 is 0 Å². The van der Waals surface area contributed by atoms with Gasteiger partial charge >= 0.3 is 6.18 Å². The molecule has 0 aliphatic rings. The van der Waals surface area contributed by atoms with E-state index in [9.17, 15) is 22.8 Å². The smallest absolute Gasteiger partial charge is 0.356 e. The molecule has 2 aromatic rings. The number of carbonyl (C=O) groups excluding carboxylic acids is 2. The second-order valence-corrected chi connectivity index (χ2v) is 5.58. The molecule has 1 N–H and O–H groups in total. The van der Waals surface area contributed by atoms with E-state index in [1.807, 2.05) is 6.07 Å². The Balaban J connectivity index is 1.71. The number of rotatable bonds is 7. The van der Waals surface area contributed by atoms with Crippen LogP contribution in [0.4, 0.5) is 13.2 Å². The predicted octanol–water partition coefficient (Wildman–Crippen LogP) is 4.03. The molecular weight excluding hydrogens is 331 g/mol. The summed E-state index contributed by atoms with van der Waals surface area (Å²) in [5.41, 5.74) is 0.577. The Morgan fingerprint density at radius 3 is 2.12 bits per heavy atom. The van der Waals surface area contributed by atoms with Gasteiger partial charge in [0.1, 0.15) is 0 Å². The highest BCUT2D eigenvalue weighted by atomic mass is 19.4. The molecule has 0 atom stereocenters. The zero-order valence-corrected chi connectivity index (χ0v) is 13.5. The lowest BCUT2D eigenvalue weighted by Gasteiger charge is -2.08. The van der Waals surface area contributed by atoms with Crippen molar-refractivity contribution in [3.05, 3.63) is 71.3 Å². The Morgan fingerprint density at radius 1 is 0.880 bits per heavy atom. The van der Waals surface area contributed by atoms with Crippen LogP contribution in [0.15, 0.2) is 54.6 Å². The first kappa shape index (κ1) is 18.7. The number of Topliss-reactive ketones (excluding diaryl/α,β-unsaturated/α-hetero) is 1. The molecule has 0 aromatic heterocycles. The van der Waals surface area contributed by atoms with Crippen LogP contribution in [0.3, 0.4) is 0 Å². The molecule has 6 heteroatoms. The lowest BCUT2D eigenvalue weighted by atomic mass is 10.1. The third kappa shape index (κ3) is 6.06. The summed E-state index contributed by atoms with van der Waals surface area (Å²) in [5, 5.41) is 2.67. The minimum atomic E-state index is -4.35. The maximum Gasteiger partial charge on any atom is 0.416 e. The second kappa shape index (κ2) is 8.46. The van der Waals surface area contributed by atoms with E-state index in [2.05, 4.69) is 5.32 Å². The molecule has 0 saturated heterocycles. The van der Waals surface area contributed by atoms with Gasteiger partial charge in [-0.3, -0.25) is 9.59 Å². The number of amides is 1. The Hall–Kier alpha value is -2.63. The van der Waals surface area contributed by atoms with Crippen molar-refractivity contribution in [2.24, 2.45) is 0 Å². The number of nitrogens with one attached hydrogen (secondary N) is 1. The highest BCUT2D eigenvalue weighted by molar-refractivity contribution is 5.97. The van der Waals surface area contributed by atoms with Gasteiger partial charge in [0.25, 0.3) is 0 Å². The molecule has 0 unspecified atom stereocenters. The van der Waals surface area contributed by atoms with Crippen LogP contribution in [-0.4, -0.2) is 18.2 Å². The molecule has 0 radical (unpaired) electrons. The van der Waals surface area contributed by atoms with Gasteiger partial charge in [0, 0.05) is 24.9 Å². The Morgan fingerprint density at radius 2 is 1.52 bits per heavy atom. The number of ketones is 1. The molecule has 0 saturated carbocycles. The lowest BCUT2D eigenvalue weighted by Crippen LogP contribution is -2.26. The average molecular weight is 349 g/mol. The topological polar surface area (TPSA) is 46.2 Å². The average Bonchev–Trinajstić information content (AvgIpc) is 2.60. The summed E-state index contributed by atoms with van der Waals surface area (Å²) in [6.45, 7) is 0.309. The third-order valence-corrected chi connectivity index (χ3v) is 3.69. The highest BCUT2D eigenvalue weighted by Crippen LogP contribution is 2.29. The lowest BCUT2D eigenvalue weighted by molar-refractivity contribution is -0.137. The summed E-state index contributed by atoms with van der Waals surface area (Å²) in [4.78, 5) is 23.6. The predicted molar refractivity (Wildman–Crippen MR) is 88.2 cm³/mol. The van der Waals surface area contributed by atoms with Gasteiger partial charge in [0.15, 0.2) is 5.78 Å². The van der Waals surface area contributed by atoms with Gasteiger partial charge in [-0.25, -0.2) is 0 Å². The van der Waals surface area contributed by atoms with Crippen molar-refractivity contribution >= 4 is 11.7 Å². The number of hydrogen-bond acceptors (Lipinski definition) is 2. The van der Waals surface area contributed by atoms with Gasteiger partial charge in [-0.1, -0.05) is 42.5 Å². The zero-order valence-electron chi connectivity index (χ0n) is 13.5. The zero-order chi connectivity index (χ0) is 18.3. The van der Waals surface area contributed by atoms with Gasteiger partial charge in [-0.2, -0.15) is 13.2 Å². The quantitative estimate of drug-likeness (QED) is 0.767. The first-order valence-corrected chi connectivity index (χ1v) is 7.87. The standard InChI is InChI=1S/C19H18F3NO2/c20-19(21,22)16-8-6-14(7-9-16)12-13-23-18(25)11-10-17(24)15-4-2-1-3-5-15/h1-9H,10-13H2,(H,23,25). The van der Waals surface area contributed by atoms with Gasteiger partial charge in [0.05, 0.1) is 5.56 Å². The normalized spacial score (nSPS) is 11.2. The molecule has 3 nitrogen and oxygen atoms in total. The van der Waals surface area contributed by atoms with Crippen molar-refractivity contribution < 1.29 is 22.8 Å². The fraction of sp³-hybridized carbons (Fsp3) is 0.263. The molecule has 0 spiro atoms. The van der Waals surface area contributed by atoms with Crippen molar-refractivity contribution in [3.63, 3.8) is 0 Å². The summed E-state index contributed by atoms with van der Waals surface area (Å²) < 4.78 is 37.4. The van der Waals surface area contributed by atoms with E-state index in [1.165, 1.54) is 12.1 Å². The molecule has 1 amide bonds. The molecule has 0 aliphatic carbocycles. The first-order chi connectivity index (χ1) is 11.9. The highest BCUT2D eigenvalue weighted by Gasteiger charge is 2.29. The number of hydrogen-bond donors (Lipinski definition) is 1. The molecule has 2 rings (SSSR count).